The lowest BCUT2D eigenvalue weighted by Crippen LogP contribution is -2.30. The molecule has 0 saturated heterocycles. The average Bonchev–Trinajstić information content (AvgIpc) is 2.00. The van der Waals surface area contributed by atoms with Crippen LogP contribution >= 0.6 is 7.80 Å². The Balaban J connectivity index is 4.66. The highest BCUT2D eigenvalue weighted by Crippen LogP contribution is 2.50. The Hall–Kier alpha value is 0.150. The fourth-order valence-corrected chi connectivity index (χ4v) is 2.92. The third-order valence-corrected chi connectivity index (χ3v) is 4.81. The largest absolute Gasteiger partial charge is 0.383 e. The fraction of sp³-hybridized carbons (Fsp3) is 1.00. The summed E-state index contributed by atoms with van der Waals surface area (Å²) >= 11 is 0. The zero-order chi connectivity index (χ0) is 9.99. The number of rotatable bonds is 4. The molecule has 0 aromatic carbocycles. The molecule has 0 saturated carbocycles. The van der Waals surface area contributed by atoms with Crippen LogP contribution in [0.15, 0.2) is 0 Å². The second-order valence-corrected chi connectivity index (χ2v) is 6.44. The summed E-state index contributed by atoms with van der Waals surface area (Å²) in [5, 5.41) is 16.8. The van der Waals surface area contributed by atoms with E-state index in [-0.39, 0.29) is 0 Å². The van der Waals surface area contributed by atoms with Crippen molar-refractivity contribution in [3.8, 4) is 0 Å². The molecule has 0 aromatic rings. The van der Waals surface area contributed by atoms with Crippen LogP contribution in [0.4, 0.5) is 0 Å². The summed E-state index contributed by atoms with van der Waals surface area (Å²) < 4.78 is 11.6. The maximum Gasteiger partial charge on any atom is 0.135 e. The third-order valence-electron chi connectivity index (χ3n) is 2.15. The Morgan fingerprint density at radius 1 is 1.17 bits per heavy atom. The minimum atomic E-state index is -2.38. The summed E-state index contributed by atoms with van der Waals surface area (Å²) in [6.07, 6.45) is 0.844. The van der Waals surface area contributed by atoms with Crippen molar-refractivity contribution in [2.24, 2.45) is 0 Å². The summed E-state index contributed by atoms with van der Waals surface area (Å²) in [6, 6.07) is 0. The van der Waals surface area contributed by atoms with Crippen LogP contribution < -0.4 is 0 Å². The molecule has 0 spiro atoms. The molecule has 0 aliphatic heterocycles. The normalized spacial score (nSPS) is 16.2. The van der Waals surface area contributed by atoms with Gasteiger partial charge in [-0.25, -0.2) is 0 Å². The van der Waals surface area contributed by atoms with Crippen LogP contribution in [-0.4, -0.2) is 20.9 Å². The van der Waals surface area contributed by atoms with Crippen LogP contribution in [0.3, 0.4) is 0 Å². The van der Waals surface area contributed by atoms with Crippen molar-refractivity contribution in [2.75, 3.05) is 0 Å². The highest BCUT2D eigenvalue weighted by atomic mass is 31.1. The van der Waals surface area contributed by atoms with Crippen LogP contribution in [0.1, 0.15) is 40.5 Å². The van der Waals surface area contributed by atoms with Gasteiger partial charge in [0.1, 0.15) is 18.5 Å². The van der Waals surface area contributed by atoms with Gasteiger partial charge in [-0.05, 0) is 26.7 Å². The first kappa shape index (κ1) is 12.2. The summed E-state index contributed by atoms with van der Waals surface area (Å²) in [4.78, 5) is 0. The second kappa shape index (κ2) is 3.91. The van der Waals surface area contributed by atoms with Crippen molar-refractivity contribution in [1.82, 2.24) is 0 Å². The topological polar surface area (TPSA) is 57.5 Å². The molecule has 0 heterocycles. The average molecular weight is 194 g/mol. The molecule has 0 rings (SSSR count). The molecule has 3 nitrogen and oxygen atoms in total. The van der Waals surface area contributed by atoms with Gasteiger partial charge in [-0.15, -0.1) is 0 Å². The molecule has 0 fully saturated rings. The van der Waals surface area contributed by atoms with Crippen molar-refractivity contribution in [2.45, 2.75) is 51.2 Å². The SMILES string of the molecule is CCC(O)(CC)[PH](=O)C(C)(C)O. The quantitative estimate of drug-likeness (QED) is 0.671. The van der Waals surface area contributed by atoms with Gasteiger partial charge in [0.15, 0.2) is 0 Å². The van der Waals surface area contributed by atoms with E-state index in [1.807, 2.05) is 0 Å². The predicted octanol–water partition coefficient (Wildman–Crippen LogP) is 1.78. The molecule has 0 aliphatic rings. The smallest absolute Gasteiger partial charge is 0.135 e. The minimum Gasteiger partial charge on any atom is -0.383 e. The third kappa shape index (κ3) is 2.58. The van der Waals surface area contributed by atoms with Crippen molar-refractivity contribution in [1.29, 1.82) is 0 Å². The van der Waals surface area contributed by atoms with Gasteiger partial charge >= 0.3 is 0 Å². The van der Waals surface area contributed by atoms with Gasteiger partial charge in [0.2, 0.25) is 0 Å². The van der Waals surface area contributed by atoms with Crippen molar-refractivity contribution < 1.29 is 14.8 Å². The standard InChI is InChI=1S/C8H19O3P/c1-5-8(10,6-2)12(11)7(3,4)9/h9-10,12H,5-6H2,1-4H3. The van der Waals surface area contributed by atoms with Crippen LogP contribution in [0.25, 0.3) is 0 Å². The first-order valence-electron chi connectivity index (χ1n) is 4.27. The summed E-state index contributed by atoms with van der Waals surface area (Å²) in [7, 11) is -2.38. The van der Waals surface area contributed by atoms with Crippen molar-refractivity contribution in [3.05, 3.63) is 0 Å². The molecule has 12 heavy (non-hydrogen) atoms. The molecular weight excluding hydrogens is 175 g/mol. The van der Waals surface area contributed by atoms with E-state index >= 15 is 0 Å². The highest BCUT2D eigenvalue weighted by Gasteiger charge is 2.38. The summed E-state index contributed by atoms with van der Waals surface area (Å²) in [6.45, 7) is 6.50. The lowest BCUT2D eigenvalue weighted by atomic mass is 10.2. The van der Waals surface area contributed by atoms with E-state index in [0.717, 1.165) is 0 Å². The number of aliphatic hydroxyl groups is 2. The summed E-state index contributed by atoms with van der Waals surface area (Å²) in [5.74, 6) is 0. The number of hydrogen-bond acceptors (Lipinski definition) is 3. The molecule has 2 N–H and O–H groups in total. The lowest BCUT2D eigenvalue weighted by Gasteiger charge is -2.31. The summed E-state index contributed by atoms with van der Waals surface area (Å²) in [5.41, 5.74) is 0. The fourth-order valence-electron chi connectivity index (χ4n) is 1.14. The van der Waals surface area contributed by atoms with Gasteiger partial charge in [-0.2, -0.15) is 0 Å². The molecule has 0 radical (unpaired) electrons. The van der Waals surface area contributed by atoms with Gasteiger partial charge in [-0.1, -0.05) is 13.8 Å². The Bertz CT molecular complexity index is 168. The first-order valence-corrected chi connectivity index (χ1v) is 5.68. The molecule has 1 atom stereocenters. The Labute approximate surface area is 74.6 Å². The molecule has 74 valence electrons. The Morgan fingerprint density at radius 2 is 1.50 bits per heavy atom. The van der Waals surface area contributed by atoms with E-state index in [0.29, 0.717) is 12.8 Å². The van der Waals surface area contributed by atoms with Crippen LogP contribution in [0.2, 0.25) is 0 Å². The van der Waals surface area contributed by atoms with E-state index in [1.54, 1.807) is 13.8 Å². The van der Waals surface area contributed by atoms with Crippen LogP contribution in [0.5, 0.6) is 0 Å². The van der Waals surface area contributed by atoms with Gasteiger partial charge in [0.05, 0.1) is 0 Å². The highest BCUT2D eigenvalue weighted by molar-refractivity contribution is 7.47. The Morgan fingerprint density at radius 3 is 1.58 bits per heavy atom. The zero-order valence-corrected chi connectivity index (χ0v) is 9.22. The minimum absolute atomic E-state index is 0.422. The van der Waals surface area contributed by atoms with Crippen LogP contribution in [0, 0.1) is 0 Å². The molecule has 0 aliphatic carbocycles. The van der Waals surface area contributed by atoms with E-state index in [9.17, 15) is 14.8 Å². The maximum absolute atomic E-state index is 11.6. The molecule has 0 amide bonds. The maximum atomic E-state index is 11.6. The molecule has 1 unspecified atom stereocenters. The van der Waals surface area contributed by atoms with E-state index in [4.69, 9.17) is 0 Å². The zero-order valence-electron chi connectivity index (χ0n) is 8.22. The van der Waals surface area contributed by atoms with Crippen LogP contribution in [-0.2, 0) is 4.57 Å². The second-order valence-electron chi connectivity index (χ2n) is 3.63. The first-order chi connectivity index (χ1) is 5.28. The van der Waals surface area contributed by atoms with E-state index in [2.05, 4.69) is 0 Å². The number of hydrogen-bond donors (Lipinski definition) is 2. The Kier molecular flexibility index (Phi) is 3.95. The van der Waals surface area contributed by atoms with E-state index in [1.165, 1.54) is 13.8 Å². The molecule has 4 heteroatoms. The van der Waals surface area contributed by atoms with Gasteiger partial charge in [0, 0.05) is 0 Å². The van der Waals surface area contributed by atoms with E-state index < -0.39 is 18.5 Å². The van der Waals surface area contributed by atoms with Crippen molar-refractivity contribution in [3.63, 3.8) is 0 Å². The molecular formula is C8H19O3P. The lowest BCUT2D eigenvalue weighted by molar-refractivity contribution is 0.0937. The van der Waals surface area contributed by atoms with Crippen molar-refractivity contribution >= 4 is 7.80 Å². The van der Waals surface area contributed by atoms with Gasteiger partial charge in [0.25, 0.3) is 0 Å². The monoisotopic (exact) mass is 194 g/mol. The van der Waals surface area contributed by atoms with Gasteiger partial charge in [-0.3, -0.25) is 0 Å². The molecule has 0 aromatic heterocycles. The predicted molar refractivity (Wildman–Crippen MR) is 50.8 cm³/mol. The van der Waals surface area contributed by atoms with Gasteiger partial charge < -0.3 is 14.8 Å². The molecule has 0 bridgehead atoms.